The molecule has 0 bridgehead atoms. The van der Waals surface area contributed by atoms with Crippen LogP contribution in [0.1, 0.15) is 5.56 Å². The Bertz CT molecular complexity index is 452. The molecular formula is C11H8ClF3O3. The van der Waals surface area contributed by atoms with Crippen molar-refractivity contribution in [3.8, 4) is 0 Å². The molecule has 98 valence electrons. The Morgan fingerprint density at radius 3 is 2.39 bits per heavy atom. The fraction of sp³-hybridized carbons (Fsp3) is 0.364. The first-order valence-electron chi connectivity index (χ1n) is 4.97. The van der Waals surface area contributed by atoms with Crippen LogP contribution in [0.5, 0.6) is 0 Å². The summed E-state index contributed by atoms with van der Waals surface area (Å²) in [6, 6.07) is 6.23. The summed E-state index contributed by atoms with van der Waals surface area (Å²) >= 11 is 5.64. The summed E-state index contributed by atoms with van der Waals surface area (Å²) in [7, 11) is 0. The molecule has 1 aromatic carbocycles. The molecule has 1 saturated heterocycles. The van der Waals surface area contributed by atoms with Crippen LogP contribution in [0, 0.1) is 0 Å². The van der Waals surface area contributed by atoms with Crippen molar-refractivity contribution >= 4 is 17.6 Å². The lowest BCUT2D eigenvalue weighted by atomic mass is 10.1. The summed E-state index contributed by atoms with van der Waals surface area (Å²) in [5.74, 6) is -1.41. The highest BCUT2D eigenvalue weighted by atomic mass is 35.5. The van der Waals surface area contributed by atoms with Crippen molar-refractivity contribution in [2.75, 3.05) is 6.61 Å². The van der Waals surface area contributed by atoms with Gasteiger partial charge in [-0.1, -0.05) is 23.7 Å². The van der Waals surface area contributed by atoms with E-state index in [1.807, 2.05) is 0 Å². The minimum Gasteiger partial charge on any atom is -0.458 e. The second-order valence-corrected chi connectivity index (χ2v) is 4.25. The van der Waals surface area contributed by atoms with E-state index in [2.05, 4.69) is 9.47 Å². The molecule has 1 aliphatic heterocycles. The quantitative estimate of drug-likeness (QED) is 0.631. The lowest BCUT2D eigenvalue weighted by Gasteiger charge is -2.14. The molecule has 1 aliphatic rings. The van der Waals surface area contributed by atoms with E-state index >= 15 is 0 Å². The zero-order valence-corrected chi connectivity index (χ0v) is 9.72. The van der Waals surface area contributed by atoms with Crippen LogP contribution in [-0.4, -0.2) is 24.4 Å². The monoisotopic (exact) mass is 280 g/mol. The molecule has 0 N–H and O–H groups in total. The van der Waals surface area contributed by atoms with Crippen LogP contribution >= 0.6 is 11.6 Å². The third-order valence-electron chi connectivity index (χ3n) is 2.50. The number of ether oxygens (including phenoxy) is 2. The van der Waals surface area contributed by atoms with Gasteiger partial charge < -0.3 is 9.47 Å². The van der Waals surface area contributed by atoms with Gasteiger partial charge in [-0.05, 0) is 17.7 Å². The Morgan fingerprint density at radius 2 is 1.94 bits per heavy atom. The van der Waals surface area contributed by atoms with Gasteiger partial charge in [0, 0.05) is 5.02 Å². The van der Waals surface area contributed by atoms with E-state index in [9.17, 15) is 18.0 Å². The second kappa shape index (κ2) is 4.44. The number of rotatable bonds is 3. The Labute approximate surface area is 105 Å². The van der Waals surface area contributed by atoms with Gasteiger partial charge >= 0.3 is 12.1 Å². The highest BCUT2D eigenvalue weighted by Crippen LogP contribution is 2.44. The predicted molar refractivity (Wildman–Crippen MR) is 56.0 cm³/mol. The highest BCUT2D eigenvalue weighted by molar-refractivity contribution is 6.30. The van der Waals surface area contributed by atoms with Gasteiger partial charge in [-0.25, -0.2) is 4.79 Å². The van der Waals surface area contributed by atoms with Gasteiger partial charge in [-0.2, -0.15) is 13.2 Å². The van der Waals surface area contributed by atoms with E-state index in [1.165, 1.54) is 0 Å². The Balaban J connectivity index is 1.95. The topological polar surface area (TPSA) is 38.8 Å². The van der Waals surface area contributed by atoms with Crippen molar-refractivity contribution in [3.05, 3.63) is 34.9 Å². The van der Waals surface area contributed by atoms with Gasteiger partial charge in [-0.3, -0.25) is 0 Å². The zero-order chi connectivity index (χ0) is 13.4. The SMILES string of the molecule is O=C(OCc1ccc(Cl)cc1)[C@@]1(C(F)(F)F)CO1. The largest absolute Gasteiger partial charge is 0.458 e. The maximum atomic E-state index is 12.5. The molecular weight excluding hydrogens is 273 g/mol. The van der Waals surface area contributed by atoms with Gasteiger partial charge in [0.2, 0.25) is 0 Å². The van der Waals surface area contributed by atoms with Crippen LogP contribution in [0.2, 0.25) is 5.02 Å². The van der Waals surface area contributed by atoms with Gasteiger partial charge in [-0.15, -0.1) is 0 Å². The van der Waals surface area contributed by atoms with Crippen LogP contribution in [-0.2, 0) is 20.9 Å². The number of halogens is 4. The van der Waals surface area contributed by atoms with Crippen molar-refractivity contribution in [2.45, 2.75) is 18.4 Å². The molecule has 3 nitrogen and oxygen atoms in total. The molecule has 0 amide bonds. The number of alkyl halides is 3. The number of epoxide rings is 1. The number of benzene rings is 1. The van der Waals surface area contributed by atoms with Crippen molar-refractivity contribution in [1.29, 1.82) is 0 Å². The standard InChI is InChI=1S/C11H8ClF3O3/c12-8-3-1-7(2-4-8)5-17-9(16)10(6-18-10)11(13,14)15/h1-4H,5-6H2/t10-/m1/s1. The number of carbonyl (C=O) groups is 1. The second-order valence-electron chi connectivity index (χ2n) is 3.82. The van der Waals surface area contributed by atoms with Crippen LogP contribution in [0.4, 0.5) is 13.2 Å². The Kier molecular flexibility index (Phi) is 3.25. The minimum absolute atomic E-state index is 0.253. The van der Waals surface area contributed by atoms with E-state index in [0.29, 0.717) is 10.6 Å². The summed E-state index contributed by atoms with van der Waals surface area (Å²) in [6.45, 7) is -0.937. The molecule has 1 fully saturated rings. The molecule has 0 spiro atoms. The third-order valence-corrected chi connectivity index (χ3v) is 2.76. The molecule has 2 rings (SSSR count). The zero-order valence-electron chi connectivity index (χ0n) is 8.96. The lowest BCUT2D eigenvalue weighted by Crippen LogP contribution is -2.41. The van der Waals surface area contributed by atoms with Gasteiger partial charge in [0.05, 0.1) is 6.61 Å². The maximum Gasteiger partial charge on any atom is 0.430 e. The first-order chi connectivity index (χ1) is 8.35. The van der Waals surface area contributed by atoms with E-state index in [-0.39, 0.29) is 6.61 Å². The van der Waals surface area contributed by atoms with Crippen LogP contribution in [0.3, 0.4) is 0 Å². The molecule has 0 aromatic heterocycles. The average Bonchev–Trinajstić information content (AvgIpc) is 3.08. The summed E-state index contributed by atoms with van der Waals surface area (Å²) in [6.07, 6.45) is -4.75. The minimum atomic E-state index is -4.75. The van der Waals surface area contributed by atoms with Crippen LogP contribution in [0.25, 0.3) is 0 Å². The third kappa shape index (κ3) is 2.44. The lowest BCUT2D eigenvalue weighted by molar-refractivity contribution is -0.204. The summed E-state index contributed by atoms with van der Waals surface area (Å²) in [5.41, 5.74) is -2.22. The first-order valence-corrected chi connectivity index (χ1v) is 5.35. The fourth-order valence-electron chi connectivity index (χ4n) is 1.32. The number of hydrogen-bond acceptors (Lipinski definition) is 3. The maximum absolute atomic E-state index is 12.5. The normalized spacial score (nSPS) is 22.7. The molecule has 1 heterocycles. The summed E-state index contributed by atoms with van der Waals surface area (Å²) in [5, 5.41) is 0.488. The first kappa shape index (κ1) is 13.2. The number of carbonyl (C=O) groups excluding carboxylic acids is 1. The molecule has 0 aliphatic carbocycles. The highest BCUT2D eigenvalue weighted by Gasteiger charge is 2.72. The van der Waals surface area contributed by atoms with E-state index < -0.39 is 24.4 Å². The molecule has 0 saturated carbocycles. The van der Waals surface area contributed by atoms with E-state index in [0.717, 1.165) is 0 Å². The summed E-state index contributed by atoms with van der Waals surface area (Å²) in [4.78, 5) is 11.3. The molecule has 7 heteroatoms. The van der Waals surface area contributed by atoms with Crippen LogP contribution < -0.4 is 0 Å². The Hall–Kier alpha value is -1.27. The van der Waals surface area contributed by atoms with E-state index in [1.54, 1.807) is 24.3 Å². The average molecular weight is 281 g/mol. The van der Waals surface area contributed by atoms with Gasteiger partial charge in [0.25, 0.3) is 5.60 Å². The Morgan fingerprint density at radius 1 is 1.39 bits per heavy atom. The molecule has 1 atom stereocenters. The molecule has 18 heavy (non-hydrogen) atoms. The smallest absolute Gasteiger partial charge is 0.430 e. The van der Waals surface area contributed by atoms with Crippen molar-refractivity contribution in [3.63, 3.8) is 0 Å². The summed E-state index contributed by atoms with van der Waals surface area (Å²) < 4.78 is 46.2. The molecule has 0 radical (unpaired) electrons. The van der Waals surface area contributed by atoms with Crippen molar-refractivity contribution in [2.24, 2.45) is 0 Å². The molecule has 1 aromatic rings. The van der Waals surface area contributed by atoms with E-state index in [4.69, 9.17) is 11.6 Å². The van der Waals surface area contributed by atoms with Crippen molar-refractivity contribution in [1.82, 2.24) is 0 Å². The number of esters is 1. The van der Waals surface area contributed by atoms with Crippen LogP contribution in [0.15, 0.2) is 24.3 Å². The predicted octanol–water partition coefficient (Wildman–Crippen LogP) is 2.71. The van der Waals surface area contributed by atoms with Gasteiger partial charge in [0.15, 0.2) is 0 Å². The van der Waals surface area contributed by atoms with Gasteiger partial charge in [0.1, 0.15) is 6.61 Å². The fourth-order valence-corrected chi connectivity index (χ4v) is 1.44. The number of hydrogen-bond donors (Lipinski definition) is 0. The molecule has 0 unspecified atom stereocenters. The van der Waals surface area contributed by atoms with Crippen molar-refractivity contribution < 1.29 is 27.4 Å².